The van der Waals surface area contributed by atoms with E-state index in [-0.39, 0.29) is 16.6 Å². The summed E-state index contributed by atoms with van der Waals surface area (Å²) in [6.45, 7) is 1.96. The summed E-state index contributed by atoms with van der Waals surface area (Å²) >= 11 is 4.95. The van der Waals surface area contributed by atoms with Gasteiger partial charge in [-0.1, -0.05) is 18.2 Å². The number of amides is 2. The highest BCUT2D eigenvalue weighted by Gasteiger charge is 2.31. The van der Waals surface area contributed by atoms with Crippen LogP contribution in [0, 0.1) is 6.92 Å². The Bertz CT molecular complexity index is 864. The van der Waals surface area contributed by atoms with Crippen LogP contribution in [0.25, 0.3) is 17.0 Å². The fourth-order valence-corrected chi connectivity index (χ4v) is 2.80. The lowest BCUT2D eigenvalue weighted by Gasteiger charge is -2.25. The minimum atomic E-state index is -0.458. The fourth-order valence-electron chi connectivity index (χ4n) is 2.62. The molecule has 0 unspecified atom stereocenters. The summed E-state index contributed by atoms with van der Waals surface area (Å²) in [4.78, 5) is 25.7. The maximum atomic E-state index is 12.3. The molecule has 1 aromatic heterocycles. The number of hydrogen-bond donors (Lipinski definition) is 1. The standard InChI is InChI=1S/C16H15N3O2S/c1-9-11(10-6-4-5-7-13(10)18(9)2)8-12-14(20)17-16(22)19(3)15(12)21/h4-8H,1-3H3,(H,17,20,22)/b12-8-. The number of aromatic nitrogens is 1. The van der Waals surface area contributed by atoms with Gasteiger partial charge in [0.2, 0.25) is 0 Å². The summed E-state index contributed by atoms with van der Waals surface area (Å²) in [5.41, 5.74) is 3.01. The van der Waals surface area contributed by atoms with Gasteiger partial charge in [0.1, 0.15) is 5.57 Å². The molecule has 2 heterocycles. The Morgan fingerprint density at radius 1 is 1.18 bits per heavy atom. The second-order valence-corrected chi connectivity index (χ2v) is 5.64. The van der Waals surface area contributed by atoms with Crippen molar-refractivity contribution >= 4 is 46.1 Å². The molecule has 0 bridgehead atoms. The average Bonchev–Trinajstić information content (AvgIpc) is 2.74. The fraction of sp³-hybridized carbons (Fsp3) is 0.188. The first-order valence-electron chi connectivity index (χ1n) is 6.81. The molecular weight excluding hydrogens is 298 g/mol. The molecule has 0 spiro atoms. The molecule has 6 heteroatoms. The molecule has 2 amide bonds. The second kappa shape index (κ2) is 5.06. The van der Waals surface area contributed by atoms with Gasteiger partial charge in [0.15, 0.2) is 5.11 Å². The number of hydrogen-bond acceptors (Lipinski definition) is 3. The van der Waals surface area contributed by atoms with Crippen molar-refractivity contribution in [3.63, 3.8) is 0 Å². The Morgan fingerprint density at radius 2 is 1.86 bits per heavy atom. The van der Waals surface area contributed by atoms with Gasteiger partial charge < -0.3 is 4.57 Å². The molecule has 0 atom stereocenters. The summed E-state index contributed by atoms with van der Waals surface area (Å²) in [6, 6.07) is 7.89. The molecule has 0 saturated carbocycles. The van der Waals surface area contributed by atoms with Crippen molar-refractivity contribution in [2.75, 3.05) is 7.05 Å². The molecule has 0 aliphatic carbocycles. The number of aryl methyl sites for hydroxylation is 1. The second-order valence-electron chi connectivity index (χ2n) is 5.26. The predicted molar refractivity (Wildman–Crippen MR) is 89.1 cm³/mol. The van der Waals surface area contributed by atoms with Gasteiger partial charge in [0, 0.05) is 36.3 Å². The minimum Gasteiger partial charge on any atom is -0.347 e. The highest BCUT2D eigenvalue weighted by Crippen LogP contribution is 2.27. The third kappa shape index (κ3) is 2.03. The molecule has 1 aromatic carbocycles. The number of rotatable bonds is 1. The molecule has 1 aliphatic heterocycles. The van der Waals surface area contributed by atoms with Crippen molar-refractivity contribution < 1.29 is 9.59 Å². The van der Waals surface area contributed by atoms with Gasteiger partial charge >= 0.3 is 0 Å². The number of thiocarbonyl (C=S) groups is 1. The van der Waals surface area contributed by atoms with E-state index >= 15 is 0 Å². The van der Waals surface area contributed by atoms with Crippen LogP contribution in [-0.4, -0.2) is 33.4 Å². The van der Waals surface area contributed by atoms with E-state index in [9.17, 15) is 9.59 Å². The average molecular weight is 313 g/mol. The molecule has 5 nitrogen and oxygen atoms in total. The van der Waals surface area contributed by atoms with Crippen LogP contribution in [0.15, 0.2) is 29.8 Å². The van der Waals surface area contributed by atoms with E-state index in [2.05, 4.69) is 5.32 Å². The largest absolute Gasteiger partial charge is 0.347 e. The molecule has 2 aromatic rings. The van der Waals surface area contributed by atoms with Crippen LogP contribution in [0.2, 0.25) is 0 Å². The predicted octanol–water partition coefficient (Wildman–Crippen LogP) is 1.74. The number of nitrogens with zero attached hydrogens (tertiary/aromatic N) is 2. The van der Waals surface area contributed by atoms with E-state index in [4.69, 9.17) is 12.2 Å². The van der Waals surface area contributed by atoms with Crippen LogP contribution in [0.1, 0.15) is 11.3 Å². The van der Waals surface area contributed by atoms with E-state index in [0.29, 0.717) is 0 Å². The zero-order chi connectivity index (χ0) is 16.0. The van der Waals surface area contributed by atoms with E-state index in [1.54, 1.807) is 13.1 Å². The number of benzene rings is 1. The number of carbonyl (C=O) groups is 2. The summed E-state index contributed by atoms with van der Waals surface area (Å²) < 4.78 is 2.04. The maximum absolute atomic E-state index is 12.3. The van der Waals surface area contributed by atoms with Crippen LogP contribution < -0.4 is 5.32 Å². The van der Waals surface area contributed by atoms with E-state index < -0.39 is 5.91 Å². The summed E-state index contributed by atoms with van der Waals surface area (Å²) in [6.07, 6.45) is 1.65. The van der Waals surface area contributed by atoms with Crippen LogP contribution in [0.5, 0.6) is 0 Å². The number of carbonyl (C=O) groups excluding carboxylic acids is 2. The smallest absolute Gasteiger partial charge is 0.265 e. The van der Waals surface area contributed by atoms with Gasteiger partial charge in [-0.15, -0.1) is 0 Å². The monoisotopic (exact) mass is 313 g/mol. The molecule has 22 heavy (non-hydrogen) atoms. The first-order chi connectivity index (χ1) is 10.4. The van der Waals surface area contributed by atoms with E-state index in [0.717, 1.165) is 22.2 Å². The van der Waals surface area contributed by atoms with Crippen molar-refractivity contribution in [2.45, 2.75) is 6.92 Å². The number of nitrogens with one attached hydrogen (secondary N) is 1. The molecule has 3 rings (SSSR count). The minimum absolute atomic E-state index is 0.0931. The zero-order valence-corrected chi connectivity index (χ0v) is 13.3. The SMILES string of the molecule is Cc1c(/C=C2/C(=O)NC(=S)N(C)C2=O)c2ccccc2n1C. The first kappa shape index (κ1) is 14.5. The number of likely N-dealkylation sites (N-methyl/N-ethyl adjacent to an activating group) is 1. The van der Waals surface area contributed by atoms with Crippen molar-refractivity contribution in [3.8, 4) is 0 Å². The van der Waals surface area contributed by atoms with Crippen molar-refractivity contribution in [2.24, 2.45) is 7.05 Å². The van der Waals surface area contributed by atoms with E-state index in [1.807, 2.05) is 42.8 Å². The molecule has 112 valence electrons. The van der Waals surface area contributed by atoms with Crippen molar-refractivity contribution in [1.29, 1.82) is 0 Å². The van der Waals surface area contributed by atoms with Gasteiger partial charge in [-0.25, -0.2) is 0 Å². The Balaban J connectivity index is 2.20. The normalized spacial score (nSPS) is 17.5. The maximum Gasteiger partial charge on any atom is 0.265 e. The van der Waals surface area contributed by atoms with Crippen LogP contribution in [0.3, 0.4) is 0 Å². The third-order valence-electron chi connectivity index (χ3n) is 4.04. The van der Waals surface area contributed by atoms with Crippen molar-refractivity contribution in [1.82, 2.24) is 14.8 Å². The first-order valence-corrected chi connectivity index (χ1v) is 7.21. The highest BCUT2D eigenvalue weighted by molar-refractivity contribution is 7.80. The van der Waals surface area contributed by atoms with Gasteiger partial charge in [-0.05, 0) is 31.3 Å². The summed E-state index contributed by atoms with van der Waals surface area (Å²) in [7, 11) is 3.51. The van der Waals surface area contributed by atoms with E-state index in [1.165, 1.54) is 4.90 Å². The van der Waals surface area contributed by atoms with Crippen LogP contribution >= 0.6 is 12.2 Å². The van der Waals surface area contributed by atoms with Crippen LogP contribution in [0.4, 0.5) is 0 Å². The van der Waals surface area contributed by atoms with Crippen molar-refractivity contribution in [3.05, 3.63) is 41.1 Å². The summed E-state index contributed by atoms with van der Waals surface area (Å²) in [5, 5.41) is 3.66. The van der Waals surface area contributed by atoms with Gasteiger partial charge in [0.25, 0.3) is 11.8 Å². The molecular formula is C16H15N3O2S. The quantitative estimate of drug-likeness (QED) is 0.496. The van der Waals surface area contributed by atoms with Gasteiger partial charge in [-0.3, -0.25) is 19.8 Å². The zero-order valence-electron chi connectivity index (χ0n) is 12.5. The molecule has 1 saturated heterocycles. The molecule has 0 radical (unpaired) electrons. The lowest BCUT2D eigenvalue weighted by atomic mass is 10.1. The number of fused-ring (bicyclic) bond motifs is 1. The topological polar surface area (TPSA) is 54.3 Å². The molecule has 1 N–H and O–H groups in total. The Hall–Kier alpha value is -2.47. The molecule has 1 fully saturated rings. The third-order valence-corrected chi connectivity index (χ3v) is 4.42. The van der Waals surface area contributed by atoms with Gasteiger partial charge in [-0.2, -0.15) is 0 Å². The molecule has 1 aliphatic rings. The highest BCUT2D eigenvalue weighted by atomic mass is 32.1. The Morgan fingerprint density at radius 3 is 2.59 bits per heavy atom. The number of para-hydroxylation sites is 1. The lowest BCUT2D eigenvalue weighted by Crippen LogP contribution is -2.52. The Kier molecular flexibility index (Phi) is 3.33. The lowest BCUT2D eigenvalue weighted by molar-refractivity contribution is -0.128. The van der Waals surface area contributed by atoms with Gasteiger partial charge in [0.05, 0.1) is 0 Å². The van der Waals surface area contributed by atoms with Crippen LogP contribution in [-0.2, 0) is 16.6 Å². The summed E-state index contributed by atoms with van der Waals surface area (Å²) in [5.74, 6) is -0.846. The Labute approximate surface area is 133 Å².